The first-order valence-electron chi connectivity index (χ1n) is 8.25. The van der Waals surface area contributed by atoms with E-state index in [9.17, 15) is 9.59 Å². The summed E-state index contributed by atoms with van der Waals surface area (Å²) in [5.74, 6) is 0.197. The Balaban J connectivity index is 2.03. The van der Waals surface area contributed by atoms with Crippen molar-refractivity contribution < 1.29 is 19.1 Å². The first-order valence-corrected chi connectivity index (χ1v) is 9.07. The normalized spacial score (nSPS) is 13.8. The average Bonchev–Trinajstić information content (AvgIpc) is 3.34. The van der Waals surface area contributed by atoms with Crippen molar-refractivity contribution in [1.82, 2.24) is 4.90 Å². The van der Waals surface area contributed by atoms with Crippen molar-refractivity contribution in [1.29, 1.82) is 0 Å². The summed E-state index contributed by atoms with van der Waals surface area (Å²) >= 11 is 1.35. The molecule has 6 nitrogen and oxygen atoms in total. The molecule has 0 aliphatic heterocycles. The minimum absolute atomic E-state index is 0.0161. The summed E-state index contributed by atoms with van der Waals surface area (Å²) in [6, 6.07) is 1.88. The first kappa shape index (κ1) is 18.9. The molecule has 0 spiro atoms. The van der Waals surface area contributed by atoms with Crippen molar-refractivity contribution in [2.75, 3.05) is 45.8 Å². The number of methoxy groups -OCH3 is 2. The molecule has 134 valence electrons. The highest BCUT2D eigenvalue weighted by molar-refractivity contribution is 7.18. The first-order chi connectivity index (χ1) is 11.6. The van der Waals surface area contributed by atoms with E-state index in [1.54, 1.807) is 19.1 Å². The van der Waals surface area contributed by atoms with E-state index in [0.717, 1.165) is 29.8 Å². The van der Waals surface area contributed by atoms with Crippen molar-refractivity contribution >= 4 is 28.2 Å². The van der Waals surface area contributed by atoms with E-state index in [2.05, 4.69) is 5.32 Å². The second kappa shape index (κ2) is 9.15. The number of ether oxygens (including phenoxy) is 2. The van der Waals surface area contributed by atoms with E-state index < -0.39 is 0 Å². The predicted octanol–water partition coefficient (Wildman–Crippen LogP) is 2.53. The van der Waals surface area contributed by atoms with Crippen LogP contribution >= 0.6 is 11.3 Å². The molecule has 24 heavy (non-hydrogen) atoms. The van der Waals surface area contributed by atoms with Gasteiger partial charge in [0.1, 0.15) is 0 Å². The van der Waals surface area contributed by atoms with Crippen LogP contribution in [0, 0.1) is 12.8 Å². The summed E-state index contributed by atoms with van der Waals surface area (Å²) in [6.45, 7) is 4.18. The fraction of sp³-hybridized carbons (Fsp3) is 0.647. The third kappa shape index (κ3) is 5.29. The molecule has 1 heterocycles. The Kier molecular flexibility index (Phi) is 7.20. The van der Waals surface area contributed by atoms with Crippen LogP contribution in [-0.4, -0.2) is 57.2 Å². The molecule has 0 unspecified atom stereocenters. The van der Waals surface area contributed by atoms with Gasteiger partial charge in [-0.15, -0.1) is 11.3 Å². The number of aryl methyl sites for hydroxylation is 1. The number of amides is 2. The second-order valence-electron chi connectivity index (χ2n) is 6.02. The molecule has 1 N–H and O–H groups in total. The minimum atomic E-state index is -0.0161. The highest BCUT2D eigenvalue weighted by atomic mass is 32.1. The van der Waals surface area contributed by atoms with Crippen LogP contribution in [0.15, 0.2) is 6.07 Å². The Morgan fingerprint density at radius 2 is 1.96 bits per heavy atom. The van der Waals surface area contributed by atoms with Gasteiger partial charge in [-0.05, 0) is 37.8 Å². The van der Waals surface area contributed by atoms with Gasteiger partial charge in [0.05, 0.1) is 16.5 Å². The van der Waals surface area contributed by atoms with Gasteiger partial charge in [0.15, 0.2) is 0 Å². The highest BCUT2D eigenvalue weighted by Gasteiger charge is 2.30. The molecule has 0 atom stereocenters. The molecule has 1 saturated carbocycles. The number of nitrogens with one attached hydrogen (secondary N) is 1. The standard InChI is InChI=1S/C17H26N2O4S/c1-12-11-14(18-16(20)13-5-6-13)24-15(12)17(21)19(8-10-23-3)7-4-9-22-2/h11,13H,4-10H2,1-3H3,(H,18,20). The van der Waals surface area contributed by atoms with E-state index in [0.29, 0.717) is 31.2 Å². The number of anilines is 1. The van der Waals surface area contributed by atoms with Crippen LogP contribution in [0.5, 0.6) is 0 Å². The van der Waals surface area contributed by atoms with Crippen molar-refractivity contribution in [3.8, 4) is 0 Å². The molecular formula is C17H26N2O4S. The van der Waals surface area contributed by atoms with Crippen molar-refractivity contribution in [3.63, 3.8) is 0 Å². The number of carbonyl (C=O) groups excluding carboxylic acids is 2. The van der Waals surface area contributed by atoms with Crippen LogP contribution in [0.3, 0.4) is 0 Å². The third-order valence-electron chi connectivity index (χ3n) is 3.94. The lowest BCUT2D eigenvalue weighted by atomic mass is 10.2. The SMILES string of the molecule is COCCCN(CCOC)C(=O)c1sc(NC(=O)C2CC2)cc1C. The molecule has 0 saturated heterocycles. The third-order valence-corrected chi connectivity index (χ3v) is 5.08. The zero-order valence-corrected chi connectivity index (χ0v) is 15.4. The summed E-state index contributed by atoms with van der Waals surface area (Å²) < 4.78 is 10.2. The number of hydrogen-bond donors (Lipinski definition) is 1. The van der Waals surface area contributed by atoms with E-state index in [1.165, 1.54) is 11.3 Å². The Morgan fingerprint density at radius 3 is 2.58 bits per heavy atom. The monoisotopic (exact) mass is 354 g/mol. The molecule has 1 aromatic heterocycles. The Bertz CT molecular complexity index is 569. The van der Waals surface area contributed by atoms with E-state index in [1.807, 2.05) is 13.0 Å². The molecule has 0 aromatic carbocycles. The average molecular weight is 354 g/mol. The van der Waals surface area contributed by atoms with Gasteiger partial charge in [0.2, 0.25) is 5.91 Å². The number of hydrogen-bond acceptors (Lipinski definition) is 5. The summed E-state index contributed by atoms with van der Waals surface area (Å²) in [5, 5.41) is 3.67. The Labute approximate surface area is 147 Å². The van der Waals surface area contributed by atoms with Crippen LogP contribution in [0.4, 0.5) is 5.00 Å². The molecule has 0 radical (unpaired) electrons. The number of carbonyl (C=O) groups is 2. The topological polar surface area (TPSA) is 67.9 Å². The molecule has 1 aliphatic rings. The molecule has 1 aliphatic carbocycles. The number of thiophene rings is 1. The van der Waals surface area contributed by atoms with Gasteiger partial charge < -0.3 is 19.7 Å². The van der Waals surface area contributed by atoms with E-state index >= 15 is 0 Å². The van der Waals surface area contributed by atoms with Crippen LogP contribution < -0.4 is 5.32 Å². The second-order valence-corrected chi connectivity index (χ2v) is 7.07. The summed E-state index contributed by atoms with van der Waals surface area (Å²) in [5.41, 5.74) is 0.894. The maximum absolute atomic E-state index is 12.8. The maximum atomic E-state index is 12.8. The summed E-state index contributed by atoms with van der Waals surface area (Å²) in [7, 11) is 3.28. The van der Waals surface area contributed by atoms with Crippen LogP contribution in [0.1, 0.15) is 34.5 Å². The zero-order chi connectivity index (χ0) is 17.5. The van der Waals surface area contributed by atoms with Gasteiger partial charge in [0.25, 0.3) is 5.91 Å². The van der Waals surface area contributed by atoms with E-state index in [4.69, 9.17) is 9.47 Å². The molecular weight excluding hydrogens is 328 g/mol. The smallest absolute Gasteiger partial charge is 0.264 e. The largest absolute Gasteiger partial charge is 0.385 e. The van der Waals surface area contributed by atoms with Crippen molar-refractivity contribution in [3.05, 3.63) is 16.5 Å². The number of nitrogens with zero attached hydrogens (tertiary/aromatic N) is 1. The maximum Gasteiger partial charge on any atom is 0.264 e. The van der Waals surface area contributed by atoms with Gasteiger partial charge in [-0.1, -0.05) is 0 Å². The lowest BCUT2D eigenvalue weighted by Gasteiger charge is -2.22. The lowest BCUT2D eigenvalue weighted by Crippen LogP contribution is -2.35. The van der Waals surface area contributed by atoms with Gasteiger partial charge in [0, 0.05) is 39.8 Å². The fourth-order valence-electron chi connectivity index (χ4n) is 2.38. The van der Waals surface area contributed by atoms with Gasteiger partial charge >= 0.3 is 0 Å². The van der Waals surface area contributed by atoms with Crippen LogP contribution in [-0.2, 0) is 14.3 Å². The Morgan fingerprint density at radius 1 is 1.25 bits per heavy atom. The molecule has 2 amide bonds. The van der Waals surface area contributed by atoms with Crippen molar-refractivity contribution in [2.45, 2.75) is 26.2 Å². The molecule has 2 rings (SSSR count). The molecule has 7 heteroatoms. The van der Waals surface area contributed by atoms with Crippen LogP contribution in [0.2, 0.25) is 0 Å². The molecule has 0 bridgehead atoms. The fourth-order valence-corrected chi connectivity index (χ4v) is 3.43. The molecule has 1 fully saturated rings. The van der Waals surface area contributed by atoms with Gasteiger partial charge in [-0.3, -0.25) is 9.59 Å². The Hall–Kier alpha value is -1.44. The van der Waals surface area contributed by atoms with Gasteiger partial charge in [-0.2, -0.15) is 0 Å². The highest BCUT2D eigenvalue weighted by Crippen LogP contribution is 2.33. The van der Waals surface area contributed by atoms with Crippen LogP contribution in [0.25, 0.3) is 0 Å². The predicted molar refractivity (Wildman–Crippen MR) is 94.7 cm³/mol. The van der Waals surface area contributed by atoms with E-state index in [-0.39, 0.29) is 17.7 Å². The lowest BCUT2D eigenvalue weighted by molar-refractivity contribution is -0.117. The molecule has 1 aromatic rings. The summed E-state index contributed by atoms with van der Waals surface area (Å²) in [6.07, 6.45) is 2.71. The minimum Gasteiger partial charge on any atom is -0.385 e. The summed E-state index contributed by atoms with van der Waals surface area (Å²) in [4.78, 5) is 27.2. The zero-order valence-electron chi connectivity index (χ0n) is 14.6. The van der Waals surface area contributed by atoms with Crippen molar-refractivity contribution in [2.24, 2.45) is 5.92 Å². The quantitative estimate of drug-likeness (QED) is 0.656. The number of rotatable bonds is 10. The van der Waals surface area contributed by atoms with Gasteiger partial charge in [-0.25, -0.2) is 0 Å².